The van der Waals surface area contributed by atoms with E-state index >= 15 is 0 Å². The molecule has 1 aliphatic rings. The average molecular weight is 309 g/mol. The minimum absolute atomic E-state index is 0. The average Bonchev–Trinajstić information content (AvgIpc) is 2.78. The Morgan fingerprint density at radius 3 is 2.67 bits per heavy atom. The van der Waals surface area contributed by atoms with Crippen molar-refractivity contribution >= 4 is 5.78 Å². The van der Waals surface area contributed by atoms with Crippen LogP contribution in [0.4, 0.5) is 0 Å². The van der Waals surface area contributed by atoms with E-state index in [1.54, 1.807) is 18.2 Å². The fourth-order valence-electron chi connectivity index (χ4n) is 2.23. The van der Waals surface area contributed by atoms with Crippen molar-refractivity contribution in [2.45, 2.75) is 13.5 Å². The molecule has 0 saturated carbocycles. The van der Waals surface area contributed by atoms with E-state index in [0.717, 1.165) is 5.82 Å². The summed E-state index contributed by atoms with van der Waals surface area (Å²) in [5, 5.41) is 0. The van der Waals surface area contributed by atoms with Gasteiger partial charge in [0.25, 0.3) is 5.82 Å². The minimum Gasteiger partial charge on any atom is -1.00 e. The molecule has 1 aromatic carbocycles. The van der Waals surface area contributed by atoms with Crippen molar-refractivity contribution < 1.29 is 31.2 Å². The third-order valence-corrected chi connectivity index (χ3v) is 3.57. The zero-order chi connectivity index (χ0) is 14.1. The highest BCUT2D eigenvalue weighted by Crippen LogP contribution is 2.30. The van der Waals surface area contributed by atoms with Gasteiger partial charge in [-0.1, -0.05) is 0 Å². The lowest BCUT2D eigenvalue weighted by atomic mass is 10.1. The first-order chi connectivity index (χ1) is 9.65. The normalized spacial score (nSPS) is 12.7. The van der Waals surface area contributed by atoms with Crippen molar-refractivity contribution in [3.8, 4) is 11.5 Å². The molecule has 0 atom stereocenters. The van der Waals surface area contributed by atoms with Gasteiger partial charge in [-0.25, -0.2) is 9.13 Å². The van der Waals surface area contributed by atoms with Gasteiger partial charge in [0.15, 0.2) is 18.0 Å². The second-order valence-electron chi connectivity index (χ2n) is 4.87. The minimum atomic E-state index is 0. The van der Waals surface area contributed by atoms with Crippen LogP contribution >= 0.6 is 0 Å². The summed E-state index contributed by atoms with van der Waals surface area (Å²) < 4.78 is 14.9. The van der Waals surface area contributed by atoms with Crippen molar-refractivity contribution in [1.82, 2.24) is 4.57 Å². The number of carbonyl (C=O) groups is 1. The van der Waals surface area contributed by atoms with E-state index in [1.807, 2.05) is 35.5 Å². The monoisotopic (exact) mass is 308 g/mol. The Morgan fingerprint density at radius 1 is 1.29 bits per heavy atom. The second-order valence-corrected chi connectivity index (χ2v) is 4.87. The number of ketones is 1. The summed E-state index contributed by atoms with van der Waals surface area (Å²) in [5.74, 6) is 2.45. The molecule has 0 bridgehead atoms. The number of aryl methyl sites for hydroxylation is 1. The van der Waals surface area contributed by atoms with E-state index in [1.165, 1.54) is 0 Å². The first kappa shape index (κ1) is 15.4. The van der Waals surface area contributed by atoms with E-state index in [4.69, 9.17) is 9.47 Å². The van der Waals surface area contributed by atoms with Crippen LogP contribution in [0.5, 0.6) is 11.5 Å². The van der Waals surface area contributed by atoms with Gasteiger partial charge >= 0.3 is 0 Å². The molecule has 0 N–H and O–H groups in total. The van der Waals surface area contributed by atoms with Crippen molar-refractivity contribution in [3.05, 3.63) is 42.0 Å². The summed E-state index contributed by atoms with van der Waals surface area (Å²) in [6.07, 6.45) is 3.84. The predicted octanol–water partition coefficient (Wildman–Crippen LogP) is -1.72. The molecule has 0 amide bonds. The number of fused-ring (bicyclic) bond motifs is 1. The van der Waals surface area contributed by atoms with Gasteiger partial charge < -0.3 is 21.9 Å². The highest BCUT2D eigenvalue weighted by molar-refractivity contribution is 5.96. The molecule has 0 saturated heterocycles. The standard InChI is InChI=1S/C15H17N2O3.ClH/c1-11-16(2)5-6-17(11)10-13(18)12-3-4-14-15(9-12)20-8-7-19-14;/h3-6,9H,7-8,10H2,1-2H3;1H/q+1;/p-1. The molecule has 5 nitrogen and oxygen atoms in total. The maximum absolute atomic E-state index is 12.3. The van der Waals surface area contributed by atoms with Gasteiger partial charge in [0, 0.05) is 12.5 Å². The number of aromatic nitrogens is 2. The first-order valence-corrected chi connectivity index (χ1v) is 6.59. The number of ether oxygens (including phenoxy) is 2. The van der Waals surface area contributed by atoms with Crippen LogP contribution in [0.1, 0.15) is 16.2 Å². The molecule has 0 spiro atoms. The third kappa shape index (κ3) is 3.03. The maximum atomic E-state index is 12.3. The lowest BCUT2D eigenvalue weighted by molar-refractivity contribution is -0.677. The Bertz CT molecular complexity index is 667. The summed E-state index contributed by atoms with van der Waals surface area (Å²) in [6.45, 7) is 3.39. The Kier molecular flexibility index (Phi) is 4.53. The number of rotatable bonds is 3. The molecule has 2 aromatic rings. The maximum Gasteiger partial charge on any atom is 0.253 e. The number of benzene rings is 1. The lowest BCUT2D eigenvalue weighted by Crippen LogP contribution is -3.00. The molecule has 21 heavy (non-hydrogen) atoms. The molecular formula is C15H17ClN2O3. The molecule has 112 valence electrons. The number of Topliss-reactive ketones (excluding diaryl/α,β-unsaturated/α-hetero) is 1. The molecular weight excluding hydrogens is 292 g/mol. The summed E-state index contributed by atoms with van der Waals surface area (Å²) in [6, 6.07) is 5.34. The predicted molar refractivity (Wildman–Crippen MR) is 72.1 cm³/mol. The van der Waals surface area contributed by atoms with E-state index in [-0.39, 0.29) is 18.2 Å². The Hall–Kier alpha value is -2.01. The van der Waals surface area contributed by atoms with Crippen LogP contribution < -0.4 is 26.4 Å². The topological polar surface area (TPSA) is 44.3 Å². The Labute approximate surface area is 129 Å². The van der Waals surface area contributed by atoms with Gasteiger partial charge in [-0.05, 0) is 18.2 Å². The molecule has 0 radical (unpaired) electrons. The van der Waals surface area contributed by atoms with Crippen LogP contribution in [0.15, 0.2) is 30.6 Å². The van der Waals surface area contributed by atoms with Crippen molar-refractivity contribution in [2.24, 2.45) is 7.05 Å². The lowest BCUT2D eigenvalue weighted by Gasteiger charge is -2.18. The van der Waals surface area contributed by atoms with E-state index in [9.17, 15) is 4.79 Å². The van der Waals surface area contributed by atoms with E-state index in [2.05, 4.69) is 0 Å². The SMILES string of the molecule is Cc1n(CC(=O)c2ccc3c(c2)OCCO3)cc[n+]1C.[Cl-]. The van der Waals surface area contributed by atoms with E-state index in [0.29, 0.717) is 36.8 Å². The van der Waals surface area contributed by atoms with E-state index < -0.39 is 0 Å². The third-order valence-electron chi connectivity index (χ3n) is 3.57. The molecule has 2 heterocycles. The fourth-order valence-corrected chi connectivity index (χ4v) is 2.23. The molecule has 1 aromatic heterocycles. The van der Waals surface area contributed by atoms with Gasteiger partial charge in [-0.15, -0.1) is 0 Å². The first-order valence-electron chi connectivity index (χ1n) is 6.59. The molecule has 0 aliphatic carbocycles. The quantitative estimate of drug-likeness (QED) is 0.500. The number of halogens is 1. The molecule has 0 unspecified atom stereocenters. The zero-order valence-electron chi connectivity index (χ0n) is 12.0. The van der Waals surface area contributed by atoms with Crippen LogP contribution in [0.3, 0.4) is 0 Å². The van der Waals surface area contributed by atoms with Crippen LogP contribution in [-0.4, -0.2) is 23.6 Å². The molecule has 1 aliphatic heterocycles. The highest BCUT2D eigenvalue weighted by Gasteiger charge is 2.18. The largest absolute Gasteiger partial charge is 1.00 e. The van der Waals surface area contributed by atoms with Gasteiger partial charge in [-0.3, -0.25) is 4.79 Å². The smallest absolute Gasteiger partial charge is 0.253 e. The van der Waals surface area contributed by atoms with Gasteiger partial charge in [0.2, 0.25) is 5.78 Å². The van der Waals surface area contributed by atoms with Crippen LogP contribution in [0, 0.1) is 6.92 Å². The van der Waals surface area contributed by atoms with Gasteiger partial charge in [0.05, 0.1) is 7.05 Å². The summed E-state index contributed by atoms with van der Waals surface area (Å²) in [5.41, 5.74) is 0.644. The van der Waals surface area contributed by atoms with Gasteiger partial charge in [-0.2, -0.15) is 0 Å². The van der Waals surface area contributed by atoms with Crippen LogP contribution in [-0.2, 0) is 13.6 Å². The van der Waals surface area contributed by atoms with Crippen molar-refractivity contribution in [1.29, 1.82) is 0 Å². The second kappa shape index (κ2) is 6.18. The highest BCUT2D eigenvalue weighted by atomic mass is 35.5. The number of nitrogens with zero attached hydrogens (tertiary/aromatic N) is 2. The Balaban J connectivity index is 0.00000161. The van der Waals surface area contributed by atoms with Gasteiger partial charge in [0.1, 0.15) is 25.6 Å². The number of carbonyl (C=O) groups excluding carboxylic acids is 1. The van der Waals surface area contributed by atoms with Crippen LogP contribution in [0.25, 0.3) is 0 Å². The van der Waals surface area contributed by atoms with Crippen LogP contribution in [0.2, 0.25) is 0 Å². The number of hydrogen-bond donors (Lipinski definition) is 0. The summed E-state index contributed by atoms with van der Waals surface area (Å²) in [4.78, 5) is 12.3. The Morgan fingerprint density at radius 2 is 2.00 bits per heavy atom. The summed E-state index contributed by atoms with van der Waals surface area (Å²) in [7, 11) is 1.96. The van der Waals surface area contributed by atoms with Crippen molar-refractivity contribution in [2.75, 3.05) is 13.2 Å². The number of imidazole rings is 1. The zero-order valence-corrected chi connectivity index (χ0v) is 12.8. The number of hydrogen-bond acceptors (Lipinski definition) is 3. The summed E-state index contributed by atoms with van der Waals surface area (Å²) >= 11 is 0. The molecule has 0 fully saturated rings. The van der Waals surface area contributed by atoms with Crippen molar-refractivity contribution in [3.63, 3.8) is 0 Å². The fraction of sp³-hybridized carbons (Fsp3) is 0.333. The molecule has 3 rings (SSSR count). The molecule has 6 heteroatoms.